The van der Waals surface area contributed by atoms with Crippen LogP contribution in [0.25, 0.3) is 0 Å². The second-order valence-corrected chi connectivity index (χ2v) is 20.0. The molecule has 0 aromatic heterocycles. The highest BCUT2D eigenvalue weighted by molar-refractivity contribution is 5.76. The van der Waals surface area contributed by atoms with Gasteiger partial charge in [0.1, 0.15) is 0 Å². The van der Waals surface area contributed by atoms with Crippen molar-refractivity contribution in [3.8, 4) is 0 Å². The summed E-state index contributed by atoms with van der Waals surface area (Å²) in [7, 11) is 0. The van der Waals surface area contributed by atoms with Crippen molar-refractivity contribution in [1.82, 2.24) is 5.32 Å². The van der Waals surface area contributed by atoms with E-state index in [1.807, 2.05) is 6.08 Å². The first kappa shape index (κ1) is 64.8. The summed E-state index contributed by atoms with van der Waals surface area (Å²) in [6, 6.07) is -0.627. The van der Waals surface area contributed by atoms with Crippen LogP contribution in [-0.2, 0) is 14.3 Å². The maximum atomic E-state index is 12.4. The van der Waals surface area contributed by atoms with E-state index in [0.29, 0.717) is 19.4 Å². The molecule has 0 aromatic carbocycles. The van der Waals surface area contributed by atoms with Gasteiger partial charge in [-0.15, -0.1) is 0 Å². The predicted octanol–water partition coefficient (Wildman–Crippen LogP) is 18.2. The Hall–Kier alpha value is -2.18. The molecule has 0 radical (unpaired) electrons. The van der Waals surface area contributed by atoms with Gasteiger partial charge in [-0.2, -0.15) is 0 Å². The standard InChI is InChI=1S/C61H113NO5/c1-3-5-7-9-11-13-15-31-35-39-43-47-51-55-61(66)67-56-52-48-44-40-36-33-30-28-26-24-22-20-18-16-17-19-21-23-25-27-29-32-34-38-42-46-50-54-60(65)62-58(57-63)59(64)53-49-45-41-37-14-12-10-8-6-4-2/h7,9,13,15-17,49,53,58-59,63-64H,3-6,8,10-12,14,18-48,50-52,54-57H2,1-2H3,(H,62,65)/b9-7-,15-13-,17-16-,53-49+. The number of ether oxygens (including phenoxy) is 1. The highest BCUT2D eigenvalue weighted by Gasteiger charge is 2.18. The molecule has 3 N–H and O–H groups in total. The number of amides is 1. The van der Waals surface area contributed by atoms with E-state index in [2.05, 4.69) is 55.6 Å². The molecule has 2 atom stereocenters. The summed E-state index contributed by atoms with van der Waals surface area (Å²) in [4.78, 5) is 24.4. The average molecular weight is 941 g/mol. The van der Waals surface area contributed by atoms with E-state index in [1.54, 1.807) is 6.08 Å². The van der Waals surface area contributed by atoms with Crippen LogP contribution in [0.3, 0.4) is 0 Å². The predicted molar refractivity (Wildman–Crippen MR) is 292 cm³/mol. The summed E-state index contributed by atoms with van der Waals surface area (Å²) in [5, 5.41) is 23.0. The molecule has 0 spiro atoms. The van der Waals surface area contributed by atoms with Gasteiger partial charge in [0.2, 0.25) is 5.91 Å². The van der Waals surface area contributed by atoms with E-state index in [0.717, 1.165) is 51.4 Å². The lowest BCUT2D eigenvalue weighted by Crippen LogP contribution is -2.45. The summed E-state index contributed by atoms with van der Waals surface area (Å²) in [5.74, 6) is -0.0725. The average Bonchev–Trinajstić information content (AvgIpc) is 3.33. The van der Waals surface area contributed by atoms with Crippen LogP contribution < -0.4 is 5.32 Å². The van der Waals surface area contributed by atoms with Crippen molar-refractivity contribution < 1.29 is 24.5 Å². The first-order valence-corrected chi connectivity index (χ1v) is 29.4. The van der Waals surface area contributed by atoms with E-state index in [-0.39, 0.29) is 18.5 Å². The smallest absolute Gasteiger partial charge is 0.305 e. The molecule has 0 aliphatic heterocycles. The summed E-state index contributed by atoms with van der Waals surface area (Å²) in [6.07, 6.45) is 71.5. The molecular weight excluding hydrogens is 827 g/mol. The van der Waals surface area contributed by atoms with Gasteiger partial charge in [-0.1, -0.05) is 255 Å². The molecule has 1 amide bonds. The minimum absolute atomic E-state index is 0.00135. The molecule has 2 unspecified atom stereocenters. The van der Waals surface area contributed by atoms with Crippen molar-refractivity contribution >= 4 is 11.9 Å². The third-order valence-electron chi connectivity index (χ3n) is 13.3. The van der Waals surface area contributed by atoms with Crippen LogP contribution in [0.5, 0.6) is 0 Å². The lowest BCUT2D eigenvalue weighted by molar-refractivity contribution is -0.143. The third-order valence-corrected chi connectivity index (χ3v) is 13.3. The number of aliphatic hydroxyl groups excluding tert-OH is 2. The number of esters is 1. The van der Waals surface area contributed by atoms with Crippen molar-refractivity contribution in [2.45, 2.75) is 315 Å². The number of rotatable bonds is 54. The normalized spacial score (nSPS) is 13.0. The second kappa shape index (κ2) is 56.4. The zero-order valence-corrected chi connectivity index (χ0v) is 44.6. The van der Waals surface area contributed by atoms with Crippen LogP contribution in [-0.4, -0.2) is 47.4 Å². The van der Waals surface area contributed by atoms with Gasteiger partial charge in [-0.25, -0.2) is 0 Å². The van der Waals surface area contributed by atoms with Gasteiger partial charge in [-0.3, -0.25) is 9.59 Å². The largest absolute Gasteiger partial charge is 0.466 e. The molecule has 0 aliphatic rings. The number of hydrogen-bond donors (Lipinski definition) is 3. The Labute approximate surface area is 416 Å². The van der Waals surface area contributed by atoms with Gasteiger partial charge < -0.3 is 20.3 Å². The van der Waals surface area contributed by atoms with E-state index in [4.69, 9.17) is 4.74 Å². The maximum absolute atomic E-state index is 12.4. The fourth-order valence-electron chi connectivity index (χ4n) is 8.78. The van der Waals surface area contributed by atoms with Crippen LogP contribution in [0.1, 0.15) is 303 Å². The zero-order chi connectivity index (χ0) is 48.6. The summed E-state index contributed by atoms with van der Waals surface area (Å²) in [5.41, 5.74) is 0. The lowest BCUT2D eigenvalue weighted by Gasteiger charge is -2.20. The Bertz CT molecular complexity index is 1130. The fourth-order valence-corrected chi connectivity index (χ4v) is 8.78. The number of nitrogens with one attached hydrogen (secondary N) is 1. The first-order valence-electron chi connectivity index (χ1n) is 29.4. The SMILES string of the molecule is CCC/C=C\C/C=C\CCCCCCCC(=O)OCCCCCCCCCCCCCC/C=C\CCCCCCCCCCCCCC(=O)NC(CO)C(O)/C=C/CCCCCCCCCC. The maximum Gasteiger partial charge on any atom is 0.305 e. The van der Waals surface area contributed by atoms with Gasteiger partial charge in [-0.05, 0) is 83.5 Å². The van der Waals surface area contributed by atoms with Crippen LogP contribution in [0.15, 0.2) is 48.6 Å². The highest BCUT2D eigenvalue weighted by Crippen LogP contribution is 2.16. The highest BCUT2D eigenvalue weighted by atomic mass is 16.5. The fraction of sp³-hybridized carbons (Fsp3) is 0.836. The molecule has 392 valence electrons. The molecule has 0 heterocycles. The number of allylic oxidation sites excluding steroid dienone is 7. The molecule has 0 rings (SSSR count). The van der Waals surface area contributed by atoms with Gasteiger partial charge in [0, 0.05) is 12.8 Å². The number of unbranched alkanes of at least 4 members (excludes halogenated alkanes) is 37. The molecule has 6 nitrogen and oxygen atoms in total. The van der Waals surface area contributed by atoms with Crippen LogP contribution in [0.2, 0.25) is 0 Å². The Morgan fingerprint density at radius 2 is 0.776 bits per heavy atom. The molecule has 0 fully saturated rings. The molecular formula is C61H113NO5. The molecule has 0 saturated heterocycles. The molecule has 0 saturated carbocycles. The Morgan fingerprint density at radius 1 is 0.418 bits per heavy atom. The van der Waals surface area contributed by atoms with E-state index in [1.165, 1.54) is 225 Å². The van der Waals surface area contributed by atoms with Gasteiger partial charge in [0.25, 0.3) is 0 Å². The minimum atomic E-state index is -0.843. The molecule has 6 heteroatoms. The van der Waals surface area contributed by atoms with Crippen molar-refractivity contribution in [1.29, 1.82) is 0 Å². The lowest BCUT2D eigenvalue weighted by atomic mass is 10.0. The van der Waals surface area contributed by atoms with Crippen molar-refractivity contribution in [2.24, 2.45) is 0 Å². The molecule has 0 aliphatic carbocycles. The monoisotopic (exact) mass is 940 g/mol. The quantitative estimate of drug-likeness (QED) is 0.0321. The summed E-state index contributed by atoms with van der Waals surface area (Å²) in [6.45, 7) is 4.81. The molecule has 0 bridgehead atoms. The molecule has 67 heavy (non-hydrogen) atoms. The number of carbonyl (C=O) groups is 2. The summed E-state index contributed by atoms with van der Waals surface area (Å²) >= 11 is 0. The van der Waals surface area contributed by atoms with Crippen LogP contribution >= 0.6 is 0 Å². The van der Waals surface area contributed by atoms with Gasteiger partial charge in [0.15, 0.2) is 0 Å². The van der Waals surface area contributed by atoms with E-state index >= 15 is 0 Å². The third kappa shape index (κ3) is 53.0. The van der Waals surface area contributed by atoms with Crippen molar-refractivity contribution in [2.75, 3.05) is 13.2 Å². The van der Waals surface area contributed by atoms with Crippen molar-refractivity contribution in [3.05, 3.63) is 48.6 Å². The second-order valence-electron chi connectivity index (χ2n) is 20.0. The number of hydrogen-bond acceptors (Lipinski definition) is 5. The molecule has 0 aromatic rings. The number of aliphatic hydroxyl groups is 2. The summed E-state index contributed by atoms with van der Waals surface area (Å²) < 4.78 is 5.46. The Balaban J connectivity index is 3.39. The van der Waals surface area contributed by atoms with Crippen LogP contribution in [0.4, 0.5) is 0 Å². The zero-order valence-electron chi connectivity index (χ0n) is 44.6. The van der Waals surface area contributed by atoms with Gasteiger partial charge >= 0.3 is 5.97 Å². The van der Waals surface area contributed by atoms with Gasteiger partial charge in [0.05, 0.1) is 25.4 Å². The van der Waals surface area contributed by atoms with E-state index in [9.17, 15) is 19.8 Å². The number of carbonyl (C=O) groups excluding carboxylic acids is 2. The Morgan fingerprint density at radius 3 is 1.21 bits per heavy atom. The Kier molecular flexibility index (Phi) is 54.6. The van der Waals surface area contributed by atoms with E-state index < -0.39 is 12.1 Å². The van der Waals surface area contributed by atoms with Crippen molar-refractivity contribution in [3.63, 3.8) is 0 Å². The topological polar surface area (TPSA) is 95.9 Å². The minimum Gasteiger partial charge on any atom is -0.466 e. The van der Waals surface area contributed by atoms with Crippen LogP contribution in [0, 0.1) is 0 Å². The first-order chi connectivity index (χ1) is 33.0.